The van der Waals surface area contributed by atoms with Gasteiger partial charge in [0.05, 0.1) is 48.1 Å². The molecule has 0 saturated heterocycles. The van der Waals surface area contributed by atoms with Crippen LogP contribution in [0.3, 0.4) is 0 Å². The second-order valence-corrected chi connectivity index (χ2v) is 8.73. The van der Waals surface area contributed by atoms with Gasteiger partial charge in [0.25, 0.3) is 5.91 Å². The lowest BCUT2D eigenvalue weighted by molar-refractivity contribution is 0.0781. The number of amides is 1. The Morgan fingerprint density at radius 2 is 2.12 bits per heavy atom. The van der Waals surface area contributed by atoms with Gasteiger partial charge in [-0.05, 0) is 43.0 Å². The third-order valence-electron chi connectivity index (χ3n) is 6.14. The highest BCUT2D eigenvalue weighted by molar-refractivity contribution is 6.31. The summed E-state index contributed by atoms with van der Waals surface area (Å²) in [7, 11) is 0. The maximum Gasteiger partial charge on any atom is 0.253 e. The van der Waals surface area contributed by atoms with Gasteiger partial charge in [0.15, 0.2) is 5.78 Å². The average molecular weight is 485 g/mol. The summed E-state index contributed by atoms with van der Waals surface area (Å²) in [5.74, 6) is -0.987. The van der Waals surface area contributed by atoms with Crippen LogP contribution in [-0.2, 0) is 17.9 Å². The molecule has 0 saturated carbocycles. The van der Waals surface area contributed by atoms with E-state index in [0.29, 0.717) is 47.2 Å². The number of fused-ring (bicyclic) bond motifs is 1. The monoisotopic (exact) mass is 484 g/mol. The molecule has 1 aliphatic rings. The van der Waals surface area contributed by atoms with E-state index in [9.17, 15) is 14.0 Å². The van der Waals surface area contributed by atoms with E-state index in [-0.39, 0.29) is 36.7 Å². The highest BCUT2D eigenvalue weighted by Gasteiger charge is 2.28. The van der Waals surface area contributed by atoms with Gasteiger partial charge < -0.3 is 14.6 Å². The van der Waals surface area contributed by atoms with Crippen LogP contribution in [0.2, 0.25) is 5.02 Å². The molecule has 0 aliphatic carbocycles. The molecule has 0 spiro atoms. The molecule has 7 nitrogen and oxygen atoms in total. The van der Waals surface area contributed by atoms with Gasteiger partial charge in [0, 0.05) is 30.4 Å². The summed E-state index contributed by atoms with van der Waals surface area (Å²) in [6.07, 6.45) is 5.60. The van der Waals surface area contributed by atoms with Crippen LogP contribution in [0.15, 0.2) is 42.9 Å². The fourth-order valence-electron chi connectivity index (χ4n) is 4.27. The Morgan fingerprint density at radius 3 is 2.82 bits per heavy atom. The largest absolute Gasteiger partial charge is 0.373 e. The van der Waals surface area contributed by atoms with Crippen LogP contribution in [0, 0.1) is 5.82 Å². The lowest BCUT2D eigenvalue weighted by atomic mass is 9.90. The number of benzene rings is 1. The summed E-state index contributed by atoms with van der Waals surface area (Å²) >= 11 is 6.26. The van der Waals surface area contributed by atoms with Crippen molar-refractivity contribution in [2.24, 2.45) is 0 Å². The van der Waals surface area contributed by atoms with Crippen LogP contribution in [-0.4, -0.2) is 32.8 Å². The van der Waals surface area contributed by atoms with E-state index in [1.54, 1.807) is 30.7 Å². The van der Waals surface area contributed by atoms with Gasteiger partial charge in [-0.2, -0.15) is 0 Å². The molecule has 9 heteroatoms. The molecule has 0 unspecified atom stereocenters. The number of Topliss-reactive ketones (excluding diaryl/α,β-unsaturated/α-hetero) is 1. The first kappa shape index (κ1) is 24.0. The average Bonchev–Trinajstić information content (AvgIpc) is 3.23. The minimum Gasteiger partial charge on any atom is -0.373 e. The molecule has 2 atom stereocenters. The molecular formula is C25H26ClFN4O3. The predicted molar refractivity (Wildman–Crippen MR) is 125 cm³/mol. The number of nitrogens with one attached hydrogen (secondary N) is 1. The molecule has 1 aromatic carbocycles. The van der Waals surface area contributed by atoms with E-state index in [0.717, 1.165) is 5.56 Å². The van der Waals surface area contributed by atoms with Gasteiger partial charge in [-0.3, -0.25) is 19.6 Å². The summed E-state index contributed by atoms with van der Waals surface area (Å²) in [5.41, 5.74) is 2.92. The molecule has 4 rings (SSSR count). The first-order valence-corrected chi connectivity index (χ1v) is 11.6. The van der Waals surface area contributed by atoms with Crippen molar-refractivity contribution in [3.63, 3.8) is 0 Å². The van der Waals surface area contributed by atoms with Crippen molar-refractivity contribution < 1.29 is 18.7 Å². The standard InChI is InChI=1S/C25H26ClFN4O3/c1-3-16(18-5-4-17(27)11-20(18)26)10-24(32)22-12-19(23-14-34-9-8-31(22)23)25(33)30-15(2)21-13-28-6-7-29-21/h4-7,11-13,15-16H,3,8-10,14H2,1-2H3,(H,30,33)/t15-,16+/m1/s1. The summed E-state index contributed by atoms with van der Waals surface area (Å²) in [6.45, 7) is 4.98. The molecule has 1 aliphatic heterocycles. The molecule has 3 aromatic rings. The van der Waals surface area contributed by atoms with Crippen LogP contribution >= 0.6 is 11.6 Å². The molecule has 3 heterocycles. The molecule has 178 valence electrons. The van der Waals surface area contributed by atoms with E-state index >= 15 is 0 Å². The molecular weight excluding hydrogens is 459 g/mol. The van der Waals surface area contributed by atoms with Crippen molar-refractivity contribution in [2.75, 3.05) is 6.61 Å². The highest BCUT2D eigenvalue weighted by atomic mass is 35.5. The zero-order chi connectivity index (χ0) is 24.2. The quantitative estimate of drug-likeness (QED) is 0.461. The molecule has 2 aromatic heterocycles. The van der Waals surface area contributed by atoms with Crippen molar-refractivity contribution in [1.29, 1.82) is 0 Å². The molecule has 1 N–H and O–H groups in total. The Hall–Kier alpha value is -3.10. The summed E-state index contributed by atoms with van der Waals surface area (Å²) in [4.78, 5) is 34.8. The number of aromatic nitrogens is 3. The molecule has 34 heavy (non-hydrogen) atoms. The maximum atomic E-state index is 13.5. The van der Waals surface area contributed by atoms with Gasteiger partial charge in [-0.1, -0.05) is 24.6 Å². The Bertz CT molecular complexity index is 1200. The number of halogens is 2. The van der Waals surface area contributed by atoms with Crippen LogP contribution in [0.5, 0.6) is 0 Å². The van der Waals surface area contributed by atoms with Gasteiger partial charge in [0.2, 0.25) is 0 Å². The second kappa shape index (κ2) is 10.4. The van der Waals surface area contributed by atoms with E-state index in [1.807, 2.05) is 18.4 Å². The van der Waals surface area contributed by atoms with Gasteiger partial charge in [-0.15, -0.1) is 0 Å². The number of hydrogen-bond acceptors (Lipinski definition) is 5. The van der Waals surface area contributed by atoms with Gasteiger partial charge in [0.1, 0.15) is 5.82 Å². The lowest BCUT2D eigenvalue weighted by Gasteiger charge is -2.21. The van der Waals surface area contributed by atoms with Crippen molar-refractivity contribution in [2.45, 2.75) is 51.8 Å². The first-order valence-electron chi connectivity index (χ1n) is 11.2. The smallest absolute Gasteiger partial charge is 0.253 e. The summed E-state index contributed by atoms with van der Waals surface area (Å²) in [6, 6.07) is 5.54. The molecule has 0 fully saturated rings. The zero-order valence-electron chi connectivity index (χ0n) is 19.1. The van der Waals surface area contributed by atoms with Gasteiger partial charge >= 0.3 is 0 Å². The number of ether oxygens (including phenoxy) is 1. The number of hydrogen-bond donors (Lipinski definition) is 1. The van der Waals surface area contributed by atoms with Crippen LogP contribution in [0.25, 0.3) is 0 Å². The maximum absolute atomic E-state index is 13.5. The summed E-state index contributed by atoms with van der Waals surface area (Å²) in [5, 5.41) is 3.24. The normalized spacial score (nSPS) is 14.8. The third kappa shape index (κ3) is 5.03. The van der Waals surface area contributed by atoms with Crippen LogP contribution < -0.4 is 5.32 Å². The number of ketones is 1. The number of carbonyl (C=O) groups is 2. The first-order chi connectivity index (χ1) is 16.4. The fourth-order valence-corrected chi connectivity index (χ4v) is 4.59. The molecule has 0 bridgehead atoms. The van der Waals surface area contributed by atoms with Crippen molar-refractivity contribution in [3.8, 4) is 0 Å². The topological polar surface area (TPSA) is 86.1 Å². The third-order valence-corrected chi connectivity index (χ3v) is 6.47. The summed E-state index contributed by atoms with van der Waals surface area (Å²) < 4.78 is 20.9. The zero-order valence-corrected chi connectivity index (χ0v) is 19.8. The number of rotatable bonds is 8. The van der Waals surface area contributed by atoms with E-state index < -0.39 is 5.82 Å². The Kier molecular flexibility index (Phi) is 7.38. The minimum absolute atomic E-state index is 0.101. The van der Waals surface area contributed by atoms with Gasteiger partial charge in [-0.25, -0.2) is 4.39 Å². The van der Waals surface area contributed by atoms with Crippen molar-refractivity contribution in [1.82, 2.24) is 19.9 Å². The Labute approximate surface area is 202 Å². The van der Waals surface area contributed by atoms with E-state index in [2.05, 4.69) is 15.3 Å². The Balaban J connectivity index is 1.58. The highest BCUT2D eigenvalue weighted by Crippen LogP contribution is 2.32. The van der Waals surface area contributed by atoms with Crippen LogP contribution in [0.4, 0.5) is 4.39 Å². The van der Waals surface area contributed by atoms with E-state index in [4.69, 9.17) is 16.3 Å². The predicted octanol–water partition coefficient (Wildman–Crippen LogP) is 4.86. The second-order valence-electron chi connectivity index (χ2n) is 8.32. The Morgan fingerprint density at radius 1 is 1.29 bits per heavy atom. The molecule has 0 radical (unpaired) electrons. The fraction of sp³-hybridized carbons (Fsp3) is 0.360. The van der Waals surface area contributed by atoms with Crippen molar-refractivity contribution in [3.05, 3.63) is 81.9 Å². The SMILES string of the molecule is CC[C@@H](CC(=O)c1cc(C(=O)N[C@H](C)c2cnccn2)c2n1CCOC2)c1ccc(F)cc1Cl. The lowest BCUT2D eigenvalue weighted by Crippen LogP contribution is -2.29. The number of carbonyl (C=O) groups excluding carboxylic acids is 2. The van der Waals surface area contributed by atoms with Crippen molar-refractivity contribution >= 4 is 23.3 Å². The molecule has 1 amide bonds. The minimum atomic E-state index is -0.415. The van der Waals surface area contributed by atoms with E-state index in [1.165, 1.54) is 12.1 Å². The van der Waals surface area contributed by atoms with Crippen LogP contribution in [0.1, 0.15) is 76.4 Å². The number of nitrogens with zero attached hydrogens (tertiary/aromatic N) is 3.